The summed E-state index contributed by atoms with van der Waals surface area (Å²) in [4.78, 5) is 38.5. The number of ether oxygens (including phenoxy) is 1. The topological polar surface area (TPSA) is 129 Å². The summed E-state index contributed by atoms with van der Waals surface area (Å²) in [6.07, 6.45) is 2.92. The Morgan fingerprint density at radius 1 is 1.05 bits per heavy atom. The van der Waals surface area contributed by atoms with Gasteiger partial charge in [0, 0.05) is 12.6 Å². The number of phenolic OH excluding ortho intramolecular Hbond substituents is 1. The number of fused-ring (bicyclic) bond motifs is 1. The van der Waals surface area contributed by atoms with E-state index in [0.29, 0.717) is 26.0 Å². The number of halogens is 1. The Bertz CT molecular complexity index is 1110. The zero-order valence-corrected chi connectivity index (χ0v) is 22.6. The third-order valence-corrected chi connectivity index (χ3v) is 6.59. The van der Waals surface area contributed by atoms with Gasteiger partial charge in [-0.25, -0.2) is 0 Å². The molecule has 5 N–H and O–H groups in total. The molecule has 2 aromatic carbocycles. The van der Waals surface area contributed by atoms with Gasteiger partial charge in [0.15, 0.2) is 0 Å². The number of hydrogen-bond acceptors (Lipinski definition) is 6. The fourth-order valence-electron chi connectivity index (χ4n) is 4.30. The second-order valence-electron chi connectivity index (χ2n) is 9.55. The van der Waals surface area contributed by atoms with E-state index in [1.54, 1.807) is 12.1 Å². The number of nitrogens with one attached hydrogen (secondary N) is 4. The average molecular weight is 545 g/mol. The number of aryl methyl sites for hydroxylation is 1. The second-order valence-corrected chi connectivity index (χ2v) is 9.96. The molecule has 0 aromatic heterocycles. The fraction of sp³-hybridized carbons (Fsp3) is 0.464. The highest BCUT2D eigenvalue weighted by Gasteiger charge is 2.24. The molecule has 1 heterocycles. The van der Waals surface area contributed by atoms with E-state index >= 15 is 0 Å². The van der Waals surface area contributed by atoms with Gasteiger partial charge in [0.2, 0.25) is 17.7 Å². The highest BCUT2D eigenvalue weighted by atomic mass is 35.5. The third kappa shape index (κ3) is 8.92. The van der Waals surface area contributed by atoms with Crippen LogP contribution >= 0.6 is 11.6 Å². The number of benzene rings is 2. The Morgan fingerprint density at radius 2 is 1.82 bits per heavy atom. The van der Waals surface area contributed by atoms with Crippen molar-refractivity contribution in [3.05, 3.63) is 58.6 Å². The molecular weight excluding hydrogens is 508 g/mol. The molecule has 0 aliphatic carbocycles. The molecule has 0 unspecified atom stereocenters. The first-order valence-electron chi connectivity index (χ1n) is 13.1. The van der Waals surface area contributed by atoms with Crippen LogP contribution in [-0.4, -0.2) is 60.6 Å². The Morgan fingerprint density at radius 3 is 2.58 bits per heavy atom. The molecule has 10 heteroatoms. The fourth-order valence-corrected chi connectivity index (χ4v) is 4.51. The molecule has 3 atom stereocenters. The molecule has 206 valence electrons. The van der Waals surface area contributed by atoms with Gasteiger partial charge < -0.3 is 25.8 Å². The van der Waals surface area contributed by atoms with Crippen molar-refractivity contribution in [1.82, 2.24) is 21.3 Å². The van der Waals surface area contributed by atoms with Gasteiger partial charge >= 0.3 is 0 Å². The summed E-state index contributed by atoms with van der Waals surface area (Å²) in [5, 5.41) is 21.6. The molecule has 0 bridgehead atoms. The van der Waals surface area contributed by atoms with Gasteiger partial charge in [-0.15, -0.1) is 0 Å². The van der Waals surface area contributed by atoms with E-state index in [-0.39, 0.29) is 41.6 Å². The van der Waals surface area contributed by atoms with Crippen molar-refractivity contribution in [3.63, 3.8) is 0 Å². The normalized spacial score (nSPS) is 22.1. The van der Waals surface area contributed by atoms with Crippen molar-refractivity contribution in [2.75, 3.05) is 19.7 Å². The van der Waals surface area contributed by atoms with E-state index in [2.05, 4.69) is 21.3 Å². The molecule has 1 aliphatic rings. The van der Waals surface area contributed by atoms with Crippen LogP contribution in [0, 0.1) is 0 Å². The Labute approximate surface area is 228 Å². The Kier molecular flexibility index (Phi) is 11.2. The minimum absolute atomic E-state index is 0.0414. The average Bonchev–Trinajstić information content (AvgIpc) is 2.90. The lowest BCUT2D eigenvalue weighted by molar-refractivity contribution is -0.130. The quantitative estimate of drug-likeness (QED) is 0.402. The van der Waals surface area contributed by atoms with E-state index in [1.165, 1.54) is 6.07 Å². The molecule has 0 saturated heterocycles. The van der Waals surface area contributed by atoms with Gasteiger partial charge in [0.1, 0.15) is 24.1 Å². The summed E-state index contributed by atoms with van der Waals surface area (Å²) < 4.78 is 6.10. The molecule has 0 fully saturated rings. The summed E-state index contributed by atoms with van der Waals surface area (Å²) in [5.41, 5.74) is 1.77. The van der Waals surface area contributed by atoms with Crippen molar-refractivity contribution in [2.24, 2.45) is 0 Å². The first kappa shape index (κ1) is 29.3. The second kappa shape index (κ2) is 14.6. The zero-order chi connectivity index (χ0) is 27.5. The van der Waals surface area contributed by atoms with Crippen molar-refractivity contribution in [2.45, 2.75) is 64.1 Å². The summed E-state index contributed by atoms with van der Waals surface area (Å²) in [6.45, 7) is 4.38. The monoisotopic (exact) mass is 544 g/mol. The van der Waals surface area contributed by atoms with Gasteiger partial charge in [0.25, 0.3) is 0 Å². The van der Waals surface area contributed by atoms with Gasteiger partial charge in [-0.1, -0.05) is 49.2 Å². The van der Waals surface area contributed by atoms with Crippen LogP contribution in [0.3, 0.4) is 0 Å². The number of para-hydroxylation sites is 1. The van der Waals surface area contributed by atoms with Crippen LogP contribution in [0.4, 0.5) is 0 Å². The van der Waals surface area contributed by atoms with Gasteiger partial charge in [-0.3, -0.25) is 19.7 Å². The minimum Gasteiger partial charge on any atom is -0.506 e. The molecule has 0 spiro atoms. The van der Waals surface area contributed by atoms with E-state index in [4.69, 9.17) is 16.3 Å². The van der Waals surface area contributed by atoms with Crippen LogP contribution in [0.5, 0.6) is 11.5 Å². The smallest absolute Gasteiger partial charge is 0.242 e. The summed E-state index contributed by atoms with van der Waals surface area (Å²) in [6, 6.07) is 11.0. The molecule has 3 rings (SSSR count). The highest BCUT2D eigenvalue weighted by molar-refractivity contribution is 6.32. The van der Waals surface area contributed by atoms with Crippen LogP contribution < -0.4 is 26.0 Å². The standard InChI is InChI=1S/C28H37ClN4O5/c1-3-7-22-27(36)30-13-6-9-20-8-4-5-10-25(20)38-17-18(2)32-23(28(37)31-16-26(35)33-22)15-19-11-12-24(34)21(29)14-19/h4-5,8,10-12,14,18,22-23,32,34H,3,6-7,9,13,15-17H2,1-2H3,(H,30,36)(H,31,37)(H,33,35)/t18-,22-,23+/m0/s1. The molecular formula is C28H37ClN4O5. The predicted octanol–water partition coefficient (Wildman–Crippen LogP) is 2.48. The van der Waals surface area contributed by atoms with Crippen molar-refractivity contribution < 1.29 is 24.2 Å². The van der Waals surface area contributed by atoms with Crippen LogP contribution in [0.15, 0.2) is 42.5 Å². The van der Waals surface area contributed by atoms with E-state index < -0.39 is 18.0 Å². The van der Waals surface area contributed by atoms with E-state index in [1.807, 2.05) is 38.1 Å². The van der Waals surface area contributed by atoms with Gasteiger partial charge in [0.05, 0.1) is 17.6 Å². The summed E-state index contributed by atoms with van der Waals surface area (Å²) in [7, 11) is 0. The van der Waals surface area contributed by atoms with Crippen molar-refractivity contribution in [3.8, 4) is 11.5 Å². The van der Waals surface area contributed by atoms with Crippen LogP contribution in [0.2, 0.25) is 5.02 Å². The molecule has 3 amide bonds. The molecule has 0 radical (unpaired) electrons. The molecule has 1 aliphatic heterocycles. The van der Waals surface area contributed by atoms with Gasteiger partial charge in [-0.05, 0) is 61.9 Å². The minimum atomic E-state index is -0.703. The maximum atomic E-state index is 13.2. The Hall–Kier alpha value is -3.30. The first-order valence-corrected chi connectivity index (χ1v) is 13.4. The molecule has 2 aromatic rings. The molecule has 38 heavy (non-hydrogen) atoms. The largest absolute Gasteiger partial charge is 0.506 e. The number of amides is 3. The first-order chi connectivity index (χ1) is 18.3. The Balaban J connectivity index is 1.81. The van der Waals surface area contributed by atoms with Gasteiger partial charge in [-0.2, -0.15) is 0 Å². The number of phenols is 1. The number of rotatable bonds is 4. The summed E-state index contributed by atoms with van der Waals surface area (Å²) in [5.74, 6) is -0.342. The highest BCUT2D eigenvalue weighted by Crippen LogP contribution is 2.24. The lowest BCUT2D eigenvalue weighted by atomic mass is 10.0. The SMILES string of the molecule is CCC[C@@H]1NC(=O)CNC(=O)[C@@H](Cc2ccc(O)c(Cl)c2)N[C@@H](C)COc2ccccc2CCCNC1=O. The van der Waals surface area contributed by atoms with Crippen molar-refractivity contribution >= 4 is 29.3 Å². The summed E-state index contributed by atoms with van der Waals surface area (Å²) >= 11 is 6.07. The lowest BCUT2D eigenvalue weighted by Crippen LogP contribution is -2.53. The van der Waals surface area contributed by atoms with Crippen molar-refractivity contribution in [1.29, 1.82) is 0 Å². The predicted molar refractivity (Wildman–Crippen MR) is 146 cm³/mol. The van der Waals surface area contributed by atoms with E-state index in [0.717, 1.165) is 29.7 Å². The van der Waals surface area contributed by atoms with Crippen LogP contribution in [-0.2, 0) is 27.2 Å². The molecule has 9 nitrogen and oxygen atoms in total. The number of carbonyl (C=O) groups excluding carboxylic acids is 3. The lowest BCUT2D eigenvalue weighted by Gasteiger charge is -2.24. The maximum absolute atomic E-state index is 13.2. The van der Waals surface area contributed by atoms with E-state index in [9.17, 15) is 19.5 Å². The third-order valence-electron chi connectivity index (χ3n) is 6.29. The maximum Gasteiger partial charge on any atom is 0.242 e. The van der Waals surface area contributed by atoms with Crippen LogP contribution in [0.25, 0.3) is 0 Å². The zero-order valence-electron chi connectivity index (χ0n) is 21.9. The number of hydrogen-bond donors (Lipinski definition) is 5. The van der Waals surface area contributed by atoms with Crippen LogP contribution in [0.1, 0.15) is 44.2 Å². The number of carbonyl (C=O) groups is 3. The molecule has 0 saturated carbocycles. The number of aromatic hydroxyl groups is 1.